The Hall–Kier alpha value is -2.68. The molecule has 0 bridgehead atoms. The number of carboxylic acids is 1. The van der Waals surface area contributed by atoms with Gasteiger partial charge in [0.05, 0.1) is 22.6 Å². The van der Waals surface area contributed by atoms with Gasteiger partial charge in [-0.2, -0.15) is 0 Å². The first-order chi connectivity index (χ1) is 9.65. The third kappa shape index (κ3) is 2.14. The number of benzene rings is 2. The fourth-order valence-electron chi connectivity index (χ4n) is 2.23. The van der Waals surface area contributed by atoms with Crippen LogP contribution in [0, 0.1) is 6.92 Å². The number of aromatic carboxylic acids is 1. The zero-order chi connectivity index (χ0) is 14.1. The highest BCUT2D eigenvalue weighted by Crippen LogP contribution is 2.28. The predicted octanol–water partition coefficient (Wildman–Crippen LogP) is 4.39. The van der Waals surface area contributed by atoms with Crippen LogP contribution in [0.25, 0.3) is 22.3 Å². The maximum absolute atomic E-state index is 11.0. The number of aryl methyl sites for hydroxylation is 1. The molecule has 98 valence electrons. The number of carboxylic acid groups (broad SMARTS) is 1. The molecular formula is C17H13O3+. The molecule has 0 fully saturated rings. The van der Waals surface area contributed by atoms with Crippen molar-refractivity contribution in [2.24, 2.45) is 0 Å². The highest BCUT2D eigenvalue weighted by Gasteiger charge is 2.18. The third-order valence-electron chi connectivity index (χ3n) is 3.28. The fourth-order valence-corrected chi connectivity index (χ4v) is 2.23. The lowest BCUT2D eigenvalue weighted by Gasteiger charge is -1.98. The molecule has 3 aromatic rings. The van der Waals surface area contributed by atoms with Crippen LogP contribution in [-0.4, -0.2) is 11.1 Å². The molecule has 1 heterocycles. The van der Waals surface area contributed by atoms with E-state index < -0.39 is 5.97 Å². The molecule has 0 aliphatic rings. The van der Waals surface area contributed by atoms with Crippen LogP contribution in [-0.2, 0) is 0 Å². The molecule has 1 aromatic heterocycles. The van der Waals surface area contributed by atoms with Gasteiger partial charge in [0, 0.05) is 6.07 Å². The zero-order valence-corrected chi connectivity index (χ0v) is 11.0. The van der Waals surface area contributed by atoms with Gasteiger partial charge < -0.3 is 5.11 Å². The largest absolute Gasteiger partial charge is 0.478 e. The van der Waals surface area contributed by atoms with Crippen LogP contribution in [0.3, 0.4) is 0 Å². The van der Waals surface area contributed by atoms with Crippen molar-refractivity contribution < 1.29 is 14.3 Å². The average molecular weight is 265 g/mol. The maximum Gasteiger partial charge on any atom is 0.361 e. The van der Waals surface area contributed by atoms with Gasteiger partial charge in [-0.05, 0) is 36.8 Å². The second-order valence-corrected chi connectivity index (χ2v) is 4.68. The summed E-state index contributed by atoms with van der Waals surface area (Å²) in [4.78, 5) is 11.0. The van der Waals surface area contributed by atoms with Crippen molar-refractivity contribution in [2.75, 3.05) is 0 Å². The minimum Gasteiger partial charge on any atom is -0.478 e. The van der Waals surface area contributed by atoms with E-state index in [1.165, 1.54) is 0 Å². The van der Waals surface area contributed by atoms with E-state index in [-0.39, 0.29) is 5.56 Å². The quantitative estimate of drug-likeness (QED) is 0.699. The molecule has 1 N–H and O–H groups in total. The van der Waals surface area contributed by atoms with Gasteiger partial charge >= 0.3 is 17.3 Å². The summed E-state index contributed by atoms with van der Waals surface area (Å²) in [5.74, 6) is -0.219. The third-order valence-corrected chi connectivity index (χ3v) is 3.28. The van der Waals surface area contributed by atoms with Crippen LogP contribution in [0.2, 0.25) is 0 Å². The molecule has 0 unspecified atom stereocenters. The minimum atomic E-state index is -0.954. The van der Waals surface area contributed by atoms with Crippen LogP contribution >= 0.6 is 0 Å². The molecule has 0 saturated heterocycles. The summed E-state index contributed by atoms with van der Waals surface area (Å²) in [6.07, 6.45) is 0. The Balaban J connectivity index is 2.24. The van der Waals surface area contributed by atoms with Crippen molar-refractivity contribution in [1.29, 1.82) is 0 Å². The van der Waals surface area contributed by atoms with Gasteiger partial charge in [0.2, 0.25) is 0 Å². The monoisotopic (exact) mass is 265 g/mol. The number of fused-ring (bicyclic) bond motifs is 1. The van der Waals surface area contributed by atoms with Crippen LogP contribution < -0.4 is 0 Å². The summed E-state index contributed by atoms with van der Waals surface area (Å²) in [6.45, 7) is 1.99. The number of carbonyl (C=O) groups is 1. The van der Waals surface area contributed by atoms with Crippen molar-refractivity contribution in [3.8, 4) is 11.3 Å². The van der Waals surface area contributed by atoms with Crippen molar-refractivity contribution >= 4 is 16.9 Å². The summed E-state index contributed by atoms with van der Waals surface area (Å²) in [7, 11) is 0. The fraction of sp³-hybridized carbons (Fsp3) is 0.0588. The first-order valence-electron chi connectivity index (χ1n) is 6.31. The summed E-state index contributed by atoms with van der Waals surface area (Å²) < 4.78 is 5.86. The molecule has 0 spiro atoms. The van der Waals surface area contributed by atoms with Gasteiger partial charge in [0.25, 0.3) is 0 Å². The molecule has 0 atom stereocenters. The van der Waals surface area contributed by atoms with Crippen molar-refractivity contribution in [3.05, 3.63) is 65.7 Å². The number of hydrogen-bond donors (Lipinski definition) is 1. The van der Waals surface area contributed by atoms with Gasteiger partial charge in [0.1, 0.15) is 0 Å². The summed E-state index contributed by atoms with van der Waals surface area (Å²) >= 11 is 0. The summed E-state index contributed by atoms with van der Waals surface area (Å²) in [6, 6.07) is 16.7. The van der Waals surface area contributed by atoms with Crippen LogP contribution in [0.4, 0.5) is 0 Å². The number of hydrogen-bond acceptors (Lipinski definition) is 1. The molecule has 0 radical (unpaired) electrons. The lowest BCUT2D eigenvalue weighted by molar-refractivity contribution is 0.0697. The Morgan fingerprint density at radius 2 is 1.80 bits per heavy atom. The van der Waals surface area contributed by atoms with Gasteiger partial charge in [-0.1, -0.05) is 18.2 Å². The smallest absolute Gasteiger partial charge is 0.361 e. The topological polar surface area (TPSA) is 48.6 Å². The Morgan fingerprint density at radius 3 is 2.50 bits per heavy atom. The molecule has 0 aliphatic heterocycles. The molecular weight excluding hydrogens is 252 g/mol. The Labute approximate surface area is 116 Å². The number of rotatable bonds is 2. The maximum atomic E-state index is 11.0. The van der Waals surface area contributed by atoms with Crippen LogP contribution in [0.1, 0.15) is 15.9 Å². The SMILES string of the molecule is Cc1cc(-c2ccccc2)[o+]c2cc(C(=O)O)ccc12. The van der Waals surface area contributed by atoms with Crippen molar-refractivity contribution in [1.82, 2.24) is 0 Å². The predicted molar refractivity (Wildman–Crippen MR) is 77.8 cm³/mol. The minimum absolute atomic E-state index is 0.228. The van der Waals surface area contributed by atoms with E-state index in [9.17, 15) is 4.79 Å². The first-order valence-corrected chi connectivity index (χ1v) is 6.31. The Bertz CT molecular complexity index is 792. The molecule has 3 nitrogen and oxygen atoms in total. The second-order valence-electron chi connectivity index (χ2n) is 4.68. The molecule has 20 heavy (non-hydrogen) atoms. The lowest BCUT2D eigenvalue weighted by atomic mass is 10.1. The molecule has 2 aromatic carbocycles. The molecule has 0 saturated carbocycles. The van der Waals surface area contributed by atoms with Gasteiger partial charge in [-0.25, -0.2) is 9.21 Å². The normalized spacial score (nSPS) is 10.7. The van der Waals surface area contributed by atoms with Crippen molar-refractivity contribution in [2.45, 2.75) is 6.92 Å². The molecule has 0 amide bonds. The second kappa shape index (κ2) is 4.78. The van der Waals surface area contributed by atoms with E-state index in [0.29, 0.717) is 5.58 Å². The van der Waals surface area contributed by atoms with Crippen molar-refractivity contribution in [3.63, 3.8) is 0 Å². The van der Waals surface area contributed by atoms with E-state index in [1.807, 2.05) is 43.3 Å². The Kier molecular flexibility index (Phi) is 2.95. The van der Waals surface area contributed by atoms with Gasteiger partial charge in [-0.3, -0.25) is 0 Å². The molecule has 3 rings (SSSR count). The van der Waals surface area contributed by atoms with Crippen LogP contribution in [0.5, 0.6) is 0 Å². The highest BCUT2D eigenvalue weighted by atomic mass is 16.4. The standard InChI is InChI=1S/C17H12O3/c1-11-9-15(12-5-3-2-4-6-12)20-16-10-13(17(18)19)7-8-14(11)16/h2-10H,1H3/p+1. The average Bonchev–Trinajstić information content (AvgIpc) is 2.47. The van der Waals surface area contributed by atoms with Gasteiger partial charge in [-0.15, -0.1) is 0 Å². The summed E-state index contributed by atoms with van der Waals surface area (Å²) in [5, 5.41) is 9.98. The Morgan fingerprint density at radius 1 is 1.05 bits per heavy atom. The van der Waals surface area contributed by atoms with E-state index in [1.54, 1.807) is 18.2 Å². The van der Waals surface area contributed by atoms with Crippen LogP contribution in [0.15, 0.2) is 59.0 Å². The van der Waals surface area contributed by atoms with E-state index in [4.69, 9.17) is 9.52 Å². The summed E-state index contributed by atoms with van der Waals surface area (Å²) in [5.41, 5.74) is 2.84. The highest BCUT2D eigenvalue weighted by molar-refractivity contribution is 5.93. The van der Waals surface area contributed by atoms with Gasteiger partial charge in [0.15, 0.2) is 0 Å². The molecule has 3 heteroatoms. The van der Waals surface area contributed by atoms with E-state index >= 15 is 0 Å². The molecule has 0 aliphatic carbocycles. The van der Waals surface area contributed by atoms with E-state index in [0.717, 1.165) is 22.3 Å². The van der Waals surface area contributed by atoms with E-state index in [2.05, 4.69) is 0 Å². The zero-order valence-electron chi connectivity index (χ0n) is 11.0. The first kappa shape index (κ1) is 12.4. The lowest BCUT2D eigenvalue weighted by Crippen LogP contribution is -1.95.